The first-order valence-corrected chi connectivity index (χ1v) is 6.08. The Bertz CT molecular complexity index is 483. The number of hydrogen-bond donors (Lipinski definition) is 0. The second-order valence-corrected chi connectivity index (χ2v) is 4.52. The monoisotopic (exact) mass is 292 g/mol. The maximum atomic E-state index is 5.71. The van der Waals surface area contributed by atoms with Crippen molar-refractivity contribution >= 4 is 15.9 Å². The van der Waals surface area contributed by atoms with Gasteiger partial charge < -0.3 is 9.47 Å². The molecule has 2 rings (SSSR count). The third-order valence-corrected chi connectivity index (χ3v) is 2.79. The summed E-state index contributed by atoms with van der Waals surface area (Å²) in [4.78, 5) is 0. The number of benzene rings is 2. The molecule has 2 nitrogen and oxygen atoms in total. The molecule has 0 radical (unpaired) electrons. The summed E-state index contributed by atoms with van der Waals surface area (Å²) in [7, 11) is 1.64. The maximum absolute atomic E-state index is 5.71. The van der Waals surface area contributed by atoms with Gasteiger partial charge in [-0.15, -0.1) is 0 Å². The molecule has 17 heavy (non-hydrogen) atoms. The van der Waals surface area contributed by atoms with Gasteiger partial charge in [0.2, 0.25) is 0 Å². The van der Waals surface area contributed by atoms with E-state index in [-0.39, 0.29) is 0 Å². The van der Waals surface area contributed by atoms with Crippen LogP contribution in [0.25, 0.3) is 0 Å². The Hall–Kier alpha value is -1.48. The minimum atomic E-state index is 0.556. The summed E-state index contributed by atoms with van der Waals surface area (Å²) >= 11 is 3.42. The smallest absolute Gasteiger partial charge is 0.124 e. The summed E-state index contributed by atoms with van der Waals surface area (Å²) in [5.41, 5.74) is 1.14. The zero-order chi connectivity index (χ0) is 12.1. The van der Waals surface area contributed by atoms with Gasteiger partial charge >= 0.3 is 0 Å². The molecule has 0 unspecified atom stereocenters. The van der Waals surface area contributed by atoms with Crippen LogP contribution in [0, 0.1) is 0 Å². The van der Waals surface area contributed by atoms with Crippen molar-refractivity contribution in [3.63, 3.8) is 0 Å². The highest BCUT2D eigenvalue weighted by Gasteiger charge is 2.01. The summed E-state index contributed by atoms with van der Waals surface area (Å²) < 4.78 is 11.8. The topological polar surface area (TPSA) is 18.5 Å². The highest BCUT2D eigenvalue weighted by molar-refractivity contribution is 9.10. The lowest BCUT2D eigenvalue weighted by Crippen LogP contribution is -1.95. The Morgan fingerprint density at radius 2 is 1.71 bits per heavy atom. The van der Waals surface area contributed by atoms with Crippen LogP contribution in [0.3, 0.4) is 0 Å². The molecule has 0 atom stereocenters. The van der Waals surface area contributed by atoms with E-state index in [4.69, 9.17) is 9.47 Å². The Morgan fingerprint density at radius 1 is 1.00 bits per heavy atom. The molecule has 0 aromatic heterocycles. The van der Waals surface area contributed by atoms with Crippen LogP contribution >= 0.6 is 15.9 Å². The predicted molar refractivity (Wildman–Crippen MR) is 71.5 cm³/mol. The van der Waals surface area contributed by atoms with Gasteiger partial charge in [-0.25, -0.2) is 0 Å². The number of hydrogen-bond acceptors (Lipinski definition) is 2. The number of rotatable bonds is 4. The standard InChI is InChI=1S/C14H13BrO2/c1-16-13-7-12(15)8-14(9-13)17-10-11-5-3-2-4-6-11/h2-9H,10H2,1H3. The third kappa shape index (κ3) is 3.49. The number of halogens is 1. The molecule has 0 amide bonds. The van der Waals surface area contributed by atoms with Crippen LogP contribution in [-0.2, 0) is 6.61 Å². The SMILES string of the molecule is COc1cc(Br)cc(OCc2ccccc2)c1. The first-order chi connectivity index (χ1) is 8.28. The van der Waals surface area contributed by atoms with Crippen molar-refractivity contribution < 1.29 is 9.47 Å². The molecule has 0 fully saturated rings. The quantitative estimate of drug-likeness (QED) is 0.847. The molecule has 0 saturated carbocycles. The molecular formula is C14H13BrO2. The molecule has 0 N–H and O–H groups in total. The summed E-state index contributed by atoms with van der Waals surface area (Å²) in [6.07, 6.45) is 0. The fourth-order valence-corrected chi connectivity index (χ4v) is 1.93. The Morgan fingerprint density at radius 3 is 2.41 bits per heavy atom. The zero-order valence-corrected chi connectivity index (χ0v) is 11.1. The summed E-state index contributed by atoms with van der Waals surface area (Å²) in [6.45, 7) is 0.556. The van der Waals surface area contributed by atoms with E-state index < -0.39 is 0 Å². The van der Waals surface area contributed by atoms with Crippen LogP contribution in [0.1, 0.15) is 5.56 Å². The number of methoxy groups -OCH3 is 1. The normalized spacial score (nSPS) is 10.0. The van der Waals surface area contributed by atoms with Crippen LogP contribution in [-0.4, -0.2) is 7.11 Å². The Balaban J connectivity index is 2.06. The van der Waals surface area contributed by atoms with E-state index in [0.717, 1.165) is 21.5 Å². The molecule has 0 spiro atoms. The molecule has 0 aliphatic rings. The van der Waals surface area contributed by atoms with Crippen molar-refractivity contribution in [3.8, 4) is 11.5 Å². The van der Waals surface area contributed by atoms with Crippen molar-refractivity contribution in [3.05, 3.63) is 58.6 Å². The second kappa shape index (κ2) is 5.73. The fourth-order valence-electron chi connectivity index (χ4n) is 1.48. The molecular weight excluding hydrogens is 280 g/mol. The Kier molecular flexibility index (Phi) is 4.04. The van der Waals surface area contributed by atoms with Crippen LogP contribution in [0.5, 0.6) is 11.5 Å². The van der Waals surface area contributed by atoms with Gasteiger partial charge in [0.25, 0.3) is 0 Å². The van der Waals surface area contributed by atoms with Gasteiger partial charge in [0.15, 0.2) is 0 Å². The van der Waals surface area contributed by atoms with E-state index in [1.807, 2.05) is 48.5 Å². The lowest BCUT2D eigenvalue weighted by atomic mass is 10.2. The lowest BCUT2D eigenvalue weighted by Gasteiger charge is -2.08. The molecule has 2 aromatic rings. The van der Waals surface area contributed by atoms with Gasteiger partial charge in [-0.3, -0.25) is 0 Å². The van der Waals surface area contributed by atoms with E-state index in [1.165, 1.54) is 0 Å². The third-order valence-electron chi connectivity index (χ3n) is 2.33. The van der Waals surface area contributed by atoms with E-state index in [2.05, 4.69) is 15.9 Å². The Labute approximate surface area is 109 Å². The van der Waals surface area contributed by atoms with Gasteiger partial charge in [-0.05, 0) is 17.7 Å². The van der Waals surface area contributed by atoms with Crippen molar-refractivity contribution in [2.24, 2.45) is 0 Å². The summed E-state index contributed by atoms with van der Waals surface area (Å²) in [6, 6.07) is 15.8. The van der Waals surface area contributed by atoms with Gasteiger partial charge in [-0.2, -0.15) is 0 Å². The van der Waals surface area contributed by atoms with Crippen molar-refractivity contribution in [2.75, 3.05) is 7.11 Å². The molecule has 0 bridgehead atoms. The van der Waals surface area contributed by atoms with E-state index in [1.54, 1.807) is 7.11 Å². The minimum absolute atomic E-state index is 0.556. The molecule has 0 heterocycles. The molecule has 88 valence electrons. The average Bonchev–Trinajstić information content (AvgIpc) is 2.37. The highest BCUT2D eigenvalue weighted by atomic mass is 79.9. The van der Waals surface area contributed by atoms with Crippen LogP contribution in [0.4, 0.5) is 0 Å². The van der Waals surface area contributed by atoms with Gasteiger partial charge in [-0.1, -0.05) is 46.3 Å². The summed E-state index contributed by atoms with van der Waals surface area (Å²) in [5, 5.41) is 0. The second-order valence-electron chi connectivity index (χ2n) is 3.60. The van der Waals surface area contributed by atoms with Gasteiger partial charge in [0.1, 0.15) is 18.1 Å². The van der Waals surface area contributed by atoms with Crippen LogP contribution in [0.2, 0.25) is 0 Å². The molecule has 2 aromatic carbocycles. The molecule has 0 saturated heterocycles. The molecule has 3 heteroatoms. The largest absolute Gasteiger partial charge is 0.497 e. The summed E-state index contributed by atoms with van der Waals surface area (Å²) in [5.74, 6) is 1.57. The zero-order valence-electron chi connectivity index (χ0n) is 9.52. The average molecular weight is 293 g/mol. The predicted octanol–water partition coefficient (Wildman–Crippen LogP) is 4.04. The fraction of sp³-hybridized carbons (Fsp3) is 0.143. The molecule has 0 aliphatic carbocycles. The van der Waals surface area contributed by atoms with Crippen molar-refractivity contribution in [2.45, 2.75) is 6.61 Å². The van der Waals surface area contributed by atoms with Gasteiger partial charge in [0.05, 0.1) is 7.11 Å². The van der Waals surface area contributed by atoms with Crippen molar-refractivity contribution in [1.82, 2.24) is 0 Å². The van der Waals surface area contributed by atoms with Crippen LogP contribution < -0.4 is 9.47 Å². The number of ether oxygens (including phenoxy) is 2. The van der Waals surface area contributed by atoms with E-state index in [9.17, 15) is 0 Å². The molecule has 0 aliphatic heterocycles. The lowest BCUT2D eigenvalue weighted by molar-refractivity contribution is 0.303. The van der Waals surface area contributed by atoms with E-state index in [0.29, 0.717) is 6.61 Å². The first-order valence-electron chi connectivity index (χ1n) is 5.29. The van der Waals surface area contributed by atoms with Crippen LogP contribution in [0.15, 0.2) is 53.0 Å². The van der Waals surface area contributed by atoms with Crippen molar-refractivity contribution in [1.29, 1.82) is 0 Å². The highest BCUT2D eigenvalue weighted by Crippen LogP contribution is 2.26. The maximum Gasteiger partial charge on any atom is 0.124 e. The van der Waals surface area contributed by atoms with E-state index >= 15 is 0 Å². The minimum Gasteiger partial charge on any atom is -0.497 e. The van der Waals surface area contributed by atoms with Gasteiger partial charge in [0, 0.05) is 10.5 Å². The first kappa shape index (κ1) is 12.0.